The first-order valence-corrected chi connectivity index (χ1v) is 8.32. The van der Waals surface area contributed by atoms with Gasteiger partial charge >= 0.3 is 0 Å². The quantitative estimate of drug-likeness (QED) is 0.803. The molecule has 2 amide bonds. The lowest BCUT2D eigenvalue weighted by atomic mass is 10.1. The molecule has 0 saturated heterocycles. The lowest BCUT2D eigenvalue weighted by molar-refractivity contribution is -0.111. The average molecular weight is 352 g/mol. The van der Waals surface area contributed by atoms with Crippen LogP contribution >= 0.6 is 0 Å². The van der Waals surface area contributed by atoms with E-state index in [1.54, 1.807) is 37.5 Å². The second-order valence-electron chi connectivity index (χ2n) is 6.88. The Bertz CT molecular complexity index is 803. The summed E-state index contributed by atoms with van der Waals surface area (Å²) in [6, 6.07) is 14.2. The number of hydrogen-bond acceptors (Lipinski definition) is 3. The van der Waals surface area contributed by atoms with Crippen molar-refractivity contribution in [1.82, 2.24) is 5.32 Å². The van der Waals surface area contributed by atoms with Crippen molar-refractivity contribution in [3.8, 4) is 5.75 Å². The molecule has 0 heterocycles. The maximum Gasteiger partial charge on any atom is 0.251 e. The molecule has 2 aromatic rings. The van der Waals surface area contributed by atoms with Gasteiger partial charge in [-0.05, 0) is 68.8 Å². The largest absolute Gasteiger partial charge is 0.497 e. The molecule has 2 rings (SSSR count). The number of carbonyl (C=O) groups is 2. The number of ether oxygens (including phenoxy) is 1. The van der Waals surface area contributed by atoms with Gasteiger partial charge in [0.2, 0.25) is 5.91 Å². The number of rotatable bonds is 5. The standard InChI is InChI=1S/C21H24N2O3/c1-21(2,3)23-20(25)16-9-11-17(12-10-16)22-19(24)13-8-15-6-5-7-18(14-15)26-4/h5-14H,1-4H3,(H,22,24)(H,23,25)/b13-8+. The number of benzene rings is 2. The van der Waals surface area contributed by atoms with E-state index in [1.807, 2.05) is 45.0 Å². The monoisotopic (exact) mass is 352 g/mol. The highest BCUT2D eigenvalue weighted by atomic mass is 16.5. The van der Waals surface area contributed by atoms with Crippen LogP contribution in [0.15, 0.2) is 54.6 Å². The van der Waals surface area contributed by atoms with Gasteiger partial charge in [0.05, 0.1) is 7.11 Å². The van der Waals surface area contributed by atoms with Gasteiger partial charge in [0, 0.05) is 22.9 Å². The zero-order valence-corrected chi connectivity index (χ0v) is 15.5. The van der Waals surface area contributed by atoms with Crippen LogP contribution in [0.1, 0.15) is 36.7 Å². The van der Waals surface area contributed by atoms with Crippen molar-refractivity contribution in [2.24, 2.45) is 0 Å². The summed E-state index contributed by atoms with van der Waals surface area (Å²) < 4.78 is 5.15. The summed E-state index contributed by atoms with van der Waals surface area (Å²) in [4.78, 5) is 24.1. The third-order valence-corrected chi connectivity index (χ3v) is 3.42. The molecule has 0 aliphatic rings. The smallest absolute Gasteiger partial charge is 0.251 e. The lowest BCUT2D eigenvalue weighted by Gasteiger charge is -2.20. The molecule has 0 bridgehead atoms. The van der Waals surface area contributed by atoms with Crippen LogP contribution in [0.2, 0.25) is 0 Å². The van der Waals surface area contributed by atoms with Gasteiger partial charge < -0.3 is 15.4 Å². The third-order valence-electron chi connectivity index (χ3n) is 3.42. The van der Waals surface area contributed by atoms with E-state index in [1.165, 1.54) is 6.08 Å². The Morgan fingerprint density at radius 1 is 1.04 bits per heavy atom. The number of methoxy groups -OCH3 is 1. The van der Waals surface area contributed by atoms with E-state index < -0.39 is 0 Å². The number of carbonyl (C=O) groups excluding carboxylic acids is 2. The molecular formula is C21H24N2O3. The average Bonchev–Trinajstić information content (AvgIpc) is 2.59. The number of amides is 2. The molecule has 0 aliphatic carbocycles. The summed E-state index contributed by atoms with van der Waals surface area (Å²) in [6.07, 6.45) is 3.16. The maximum absolute atomic E-state index is 12.1. The van der Waals surface area contributed by atoms with Crippen LogP contribution in [-0.4, -0.2) is 24.5 Å². The highest BCUT2D eigenvalue weighted by molar-refractivity contribution is 6.02. The fraction of sp³-hybridized carbons (Fsp3) is 0.238. The summed E-state index contributed by atoms with van der Waals surface area (Å²) in [5.74, 6) is 0.338. The van der Waals surface area contributed by atoms with Gasteiger partial charge in [-0.1, -0.05) is 12.1 Å². The molecule has 0 unspecified atom stereocenters. The van der Waals surface area contributed by atoms with Gasteiger partial charge in [0.15, 0.2) is 0 Å². The summed E-state index contributed by atoms with van der Waals surface area (Å²) in [7, 11) is 1.60. The minimum absolute atomic E-state index is 0.145. The Hall–Kier alpha value is -3.08. The van der Waals surface area contributed by atoms with E-state index in [-0.39, 0.29) is 17.4 Å². The van der Waals surface area contributed by atoms with Gasteiger partial charge in [0.25, 0.3) is 5.91 Å². The first-order chi connectivity index (χ1) is 12.3. The van der Waals surface area contributed by atoms with Crippen LogP contribution < -0.4 is 15.4 Å². The molecule has 0 saturated carbocycles. The van der Waals surface area contributed by atoms with E-state index in [2.05, 4.69) is 10.6 Å². The molecule has 136 valence electrons. The Balaban J connectivity index is 1.96. The normalized spacial score (nSPS) is 11.2. The van der Waals surface area contributed by atoms with Crippen LogP contribution in [-0.2, 0) is 4.79 Å². The molecule has 0 spiro atoms. The van der Waals surface area contributed by atoms with E-state index in [4.69, 9.17) is 4.74 Å². The molecule has 0 aliphatic heterocycles. The topological polar surface area (TPSA) is 67.4 Å². The van der Waals surface area contributed by atoms with E-state index in [0.29, 0.717) is 11.3 Å². The van der Waals surface area contributed by atoms with Gasteiger partial charge in [-0.15, -0.1) is 0 Å². The fourth-order valence-corrected chi connectivity index (χ4v) is 2.22. The third kappa shape index (κ3) is 6.09. The van der Waals surface area contributed by atoms with E-state index in [9.17, 15) is 9.59 Å². The van der Waals surface area contributed by atoms with Crippen molar-refractivity contribution in [2.75, 3.05) is 12.4 Å². The van der Waals surface area contributed by atoms with Crippen molar-refractivity contribution < 1.29 is 14.3 Å². The van der Waals surface area contributed by atoms with Crippen LogP contribution in [0, 0.1) is 0 Å². The predicted molar refractivity (Wildman–Crippen MR) is 104 cm³/mol. The number of hydrogen-bond donors (Lipinski definition) is 2. The first kappa shape index (κ1) is 19.2. The second kappa shape index (κ2) is 8.34. The van der Waals surface area contributed by atoms with Crippen molar-refractivity contribution >= 4 is 23.6 Å². The Labute approximate surface area is 154 Å². The van der Waals surface area contributed by atoms with Crippen molar-refractivity contribution in [3.63, 3.8) is 0 Å². The summed E-state index contributed by atoms with van der Waals surface area (Å²) in [5, 5.41) is 5.66. The Morgan fingerprint density at radius 2 is 1.73 bits per heavy atom. The molecule has 0 aromatic heterocycles. The molecular weight excluding hydrogens is 328 g/mol. The maximum atomic E-state index is 12.1. The minimum atomic E-state index is -0.297. The highest BCUT2D eigenvalue weighted by Crippen LogP contribution is 2.14. The van der Waals surface area contributed by atoms with Crippen LogP contribution in [0.25, 0.3) is 6.08 Å². The molecule has 5 nitrogen and oxygen atoms in total. The molecule has 0 fully saturated rings. The summed E-state index contributed by atoms with van der Waals surface area (Å²) in [6.45, 7) is 5.77. The minimum Gasteiger partial charge on any atom is -0.497 e. The van der Waals surface area contributed by atoms with Gasteiger partial charge in [0.1, 0.15) is 5.75 Å². The lowest BCUT2D eigenvalue weighted by Crippen LogP contribution is -2.40. The highest BCUT2D eigenvalue weighted by Gasteiger charge is 2.15. The summed E-state index contributed by atoms with van der Waals surface area (Å²) >= 11 is 0. The molecule has 26 heavy (non-hydrogen) atoms. The van der Waals surface area contributed by atoms with Gasteiger partial charge in [-0.25, -0.2) is 0 Å². The predicted octanol–water partition coefficient (Wildman–Crippen LogP) is 3.88. The zero-order chi connectivity index (χ0) is 19.2. The van der Waals surface area contributed by atoms with E-state index in [0.717, 1.165) is 11.3 Å². The molecule has 2 aromatic carbocycles. The van der Waals surface area contributed by atoms with Crippen molar-refractivity contribution in [3.05, 3.63) is 65.7 Å². The van der Waals surface area contributed by atoms with Crippen LogP contribution in [0.5, 0.6) is 5.75 Å². The van der Waals surface area contributed by atoms with Crippen LogP contribution in [0.3, 0.4) is 0 Å². The molecule has 0 atom stereocenters. The second-order valence-corrected chi connectivity index (χ2v) is 6.88. The fourth-order valence-electron chi connectivity index (χ4n) is 2.22. The first-order valence-electron chi connectivity index (χ1n) is 8.32. The van der Waals surface area contributed by atoms with Gasteiger partial charge in [-0.3, -0.25) is 9.59 Å². The van der Waals surface area contributed by atoms with Gasteiger partial charge in [-0.2, -0.15) is 0 Å². The Morgan fingerprint density at radius 3 is 2.35 bits per heavy atom. The van der Waals surface area contributed by atoms with Crippen molar-refractivity contribution in [2.45, 2.75) is 26.3 Å². The SMILES string of the molecule is COc1cccc(/C=C/C(=O)Nc2ccc(C(=O)NC(C)(C)C)cc2)c1. The molecule has 2 N–H and O–H groups in total. The summed E-state index contributed by atoms with van der Waals surface area (Å²) in [5.41, 5.74) is 1.74. The number of anilines is 1. The Kier molecular flexibility index (Phi) is 6.17. The van der Waals surface area contributed by atoms with E-state index >= 15 is 0 Å². The molecule has 0 radical (unpaired) electrons. The van der Waals surface area contributed by atoms with Crippen molar-refractivity contribution in [1.29, 1.82) is 0 Å². The van der Waals surface area contributed by atoms with Crippen LogP contribution in [0.4, 0.5) is 5.69 Å². The molecule has 5 heteroatoms. The zero-order valence-electron chi connectivity index (χ0n) is 15.5. The number of nitrogens with one attached hydrogen (secondary N) is 2.